The number of nitrogens with zero attached hydrogens (tertiary/aromatic N) is 3. The highest BCUT2D eigenvalue weighted by molar-refractivity contribution is 8.00. The molecule has 1 unspecified atom stereocenters. The number of nitrogens with one attached hydrogen (secondary N) is 1. The van der Waals surface area contributed by atoms with Crippen LogP contribution in [0.4, 0.5) is 5.13 Å². The second kappa shape index (κ2) is 10.6. The first-order valence-electron chi connectivity index (χ1n) is 10.2. The Morgan fingerprint density at radius 1 is 1.34 bits per heavy atom. The number of β-lactam (4-membered cyclic amide) rings is 1. The summed E-state index contributed by atoms with van der Waals surface area (Å²) in [5.74, 6) is -2.50. The summed E-state index contributed by atoms with van der Waals surface area (Å²) in [5, 5.41) is 15.8. The molecule has 0 bridgehead atoms. The lowest BCUT2D eigenvalue weighted by Gasteiger charge is -2.49. The van der Waals surface area contributed by atoms with Crippen LogP contribution in [0.5, 0.6) is 0 Å². The summed E-state index contributed by atoms with van der Waals surface area (Å²) < 4.78 is 15.2. The molecule has 1 fully saturated rings. The molecule has 3 heterocycles. The van der Waals surface area contributed by atoms with Gasteiger partial charge in [-0.15, -0.1) is 23.1 Å². The number of anilines is 1. The van der Waals surface area contributed by atoms with E-state index >= 15 is 0 Å². The molecule has 0 saturated carbocycles. The number of rotatable bonds is 8. The van der Waals surface area contributed by atoms with Gasteiger partial charge < -0.3 is 30.5 Å². The SMILES string of the molecule is COCC1=C(C(=O)OCOC(=O)C(C)(C)C)N2C(=O)C(NC(=O)/C(=N\O)c3csc(N)n3)[C@H]2SC1. The third-order valence-corrected chi connectivity index (χ3v) is 6.93. The molecule has 4 N–H and O–H groups in total. The topological polar surface area (TPSA) is 183 Å². The maximum Gasteiger partial charge on any atom is 0.358 e. The lowest BCUT2D eigenvalue weighted by Crippen LogP contribution is -2.71. The van der Waals surface area contributed by atoms with Crippen molar-refractivity contribution in [2.24, 2.45) is 10.6 Å². The number of carbonyl (C=O) groups excluding carboxylic acids is 4. The molecule has 1 saturated heterocycles. The van der Waals surface area contributed by atoms with Crippen molar-refractivity contribution in [1.29, 1.82) is 0 Å². The quantitative estimate of drug-likeness (QED) is 0.105. The van der Waals surface area contributed by atoms with E-state index in [0.29, 0.717) is 11.3 Å². The normalized spacial score (nSPS) is 20.2. The van der Waals surface area contributed by atoms with Crippen molar-refractivity contribution in [2.75, 3.05) is 32.0 Å². The van der Waals surface area contributed by atoms with E-state index in [1.54, 1.807) is 20.8 Å². The van der Waals surface area contributed by atoms with Gasteiger partial charge in [-0.1, -0.05) is 5.16 Å². The summed E-state index contributed by atoms with van der Waals surface area (Å²) in [6, 6.07) is -0.995. The fourth-order valence-electron chi connectivity index (χ4n) is 3.20. The fraction of sp³-hybridized carbons (Fsp3) is 0.500. The molecule has 1 aromatic rings. The van der Waals surface area contributed by atoms with Crippen molar-refractivity contribution in [3.05, 3.63) is 22.3 Å². The molecule has 2 atom stereocenters. The second-order valence-corrected chi connectivity index (χ2v) is 10.5. The first kappa shape index (κ1) is 26.4. The number of nitrogen functional groups attached to an aromatic ring is 1. The Labute approximate surface area is 208 Å². The van der Waals surface area contributed by atoms with Crippen molar-refractivity contribution >= 4 is 57.7 Å². The lowest BCUT2D eigenvalue weighted by atomic mass is 9.98. The van der Waals surface area contributed by atoms with Crippen molar-refractivity contribution in [1.82, 2.24) is 15.2 Å². The van der Waals surface area contributed by atoms with E-state index in [-0.39, 0.29) is 23.1 Å². The van der Waals surface area contributed by atoms with Crippen LogP contribution in [0.3, 0.4) is 0 Å². The van der Waals surface area contributed by atoms with Crippen molar-refractivity contribution in [2.45, 2.75) is 32.2 Å². The Hall–Kier alpha value is -3.17. The average molecular weight is 528 g/mol. The van der Waals surface area contributed by atoms with Gasteiger partial charge in [-0.25, -0.2) is 9.78 Å². The third-order valence-electron chi connectivity index (χ3n) is 4.92. The summed E-state index contributed by atoms with van der Waals surface area (Å²) in [4.78, 5) is 55.4. The van der Waals surface area contributed by atoms with Gasteiger partial charge in [0.05, 0.1) is 12.0 Å². The smallest absolute Gasteiger partial charge is 0.358 e. The van der Waals surface area contributed by atoms with Crippen LogP contribution in [-0.4, -0.2) is 82.2 Å². The van der Waals surface area contributed by atoms with Crippen molar-refractivity contribution < 1.29 is 38.6 Å². The molecule has 2 aliphatic heterocycles. The van der Waals surface area contributed by atoms with Crippen LogP contribution in [0.1, 0.15) is 26.5 Å². The monoisotopic (exact) mass is 527 g/mol. The molecule has 35 heavy (non-hydrogen) atoms. The Morgan fingerprint density at radius 2 is 2.06 bits per heavy atom. The minimum atomic E-state index is -0.995. The maximum atomic E-state index is 13.0. The van der Waals surface area contributed by atoms with Crippen LogP contribution in [0.15, 0.2) is 21.8 Å². The number of ether oxygens (including phenoxy) is 3. The maximum absolute atomic E-state index is 13.0. The first-order valence-corrected chi connectivity index (χ1v) is 12.2. The van der Waals surface area contributed by atoms with Crippen LogP contribution in [0.25, 0.3) is 0 Å². The van der Waals surface area contributed by atoms with Crippen LogP contribution in [0.2, 0.25) is 0 Å². The minimum absolute atomic E-state index is 0.0266. The number of thiazole rings is 1. The molecule has 2 aliphatic rings. The Bertz CT molecular complexity index is 1090. The number of hydrogen-bond donors (Lipinski definition) is 3. The lowest BCUT2D eigenvalue weighted by molar-refractivity contribution is -0.173. The van der Waals surface area contributed by atoms with Gasteiger partial charge in [0.1, 0.15) is 22.8 Å². The van der Waals surface area contributed by atoms with Crippen molar-refractivity contribution in [3.8, 4) is 0 Å². The number of amides is 2. The van der Waals surface area contributed by atoms with Gasteiger partial charge in [-0.2, -0.15) is 0 Å². The van der Waals surface area contributed by atoms with E-state index in [1.165, 1.54) is 29.2 Å². The van der Waals surface area contributed by atoms with Crippen LogP contribution in [-0.2, 0) is 33.4 Å². The van der Waals surface area contributed by atoms with Crippen LogP contribution < -0.4 is 11.1 Å². The largest absolute Gasteiger partial charge is 0.427 e. The second-order valence-electron chi connectivity index (χ2n) is 8.50. The fourth-order valence-corrected chi connectivity index (χ4v) is 5.07. The highest BCUT2D eigenvalue weighted by Crippen LogP contribution is 2.40. The summed E-state index contributed by atoms with van der Waals surface area (Å²) in [5.41, 5.74) is 4.92. The average Bonchev–Trinajstić information content (AvgIpc) is 3.22. The van der Waals surface area contributed by atoms with E-state index in [2.05, 4.69) is 15.5 Å². The highest BCUT2D eigenvalue weighted by atomic mass is 32.2. The molecule has 3 rings (SSSR count). The van der Waals surface area contributed by atoms with E-state index in [1.807, 2.05) is 0 Å². The van der Waals surface area contributed by atoms with Gasteiger partial charge in [-0.3, -0.25) is 19.3 Å². The molecule has 190 valence electrons. The number of nitrogens with two attached hydrogens (primary N) is 1. The van der Waals surface area contributed by atoms with Gasteiger partial charge in [-0.05, 0) is 26.3 Å². The number of fused-ring (bicyclic) bond motifs is 1. The zero-order valence-electron chi connectivity index (χ0n) is 19.4. The molecule has 2 amide bonds. The van der Waals surface area contributed by atoms with Gasteiger partial charge >= 0.3 is 11.9 Å². The standard InChI is InChI=1S/C20H25N5O8S2/c1-20(2,3)18(29)33-8-32-17(28)13-9(5-31-4)6-34-16-12(15(27)25(13)16)23-14(26)11(24-30)10-7-35-19(21)22-10/h7,12,16,30H,5-6,8H2,1-4H3,(H2,21,22)(H,23,26)/b24-11-/t12?,16-/m1/s1. The first-order chi connectivity index (χ1) is 16.5. The zero-order chi connectivity index (χ0) is 25.9. The molecular formula is C20H25N5O8S2. The third kappa shape index (κ3) is 5.57. The summed E-state index contributed by atoms with van der Waals surface area (Å²) in [6.45, 7) is 4.42. The molecule has 0 radical (unpaired) electrons. The Kier molecular flexibility index (Phi) is 8.02. The summed E-state index contributed by atoms with van der Waals surface area (Å²) in [6.07, 6.45) is 0. The Balaban J connectivity index is 1.71. The molecule has 13 nitrogen and oxygen atoms in total. The van der Waals surface area contributed by atoms with E-state index in [4.69, 9.17) is 19.9 Å². The molecule has 0 spiro atoms. The summed E-state index contributed by atoms with van der Waals surface area (Å²) >= 11 is 2.37. The van der Waals surface area contributed by atoms with Crippen LogP contribution in [0, 0.1) is 5.41 Å². The molecular weight excluding hydrogens is 502 g/mol. The van der Waals surface area contributed by atoms with Gasteiger partial charge in [0.25, 0.3) is 11.8 Å². The zero-order valence-corrected chi connectivity index (χ0v) is 21.0. The van der Waals surface area contributed by atoms with Crippen molar-refractivity contribution in [3.63, 3.8) is 0 Å². The van der Waals surface area contributed by atoms with Crippen LogP contribution >= 0.6 is 23.1 Å². The molecule has 1 aromatic heterocycles. The molecule has 15 heteroatoms. The number of methoxy groups -OCH3 is 1. The van der Waals surface area contributed by atoms with E-state index < -0.39 is 53.1 Å². The van der Waals surface area contributed by atoms with E-state index in [0.717, 1.165) is 11.3 Å². The highest BCUT2D eigenvalue weighted by Gasteiger charge is 2.54. The Morgan fingerprint density at radius 3 is 2.63 bits per heavy atom. The number of esters is 2. The van der Waals surface area contributed by atoms with Gasteiger partial charge in [0.15, 0.2) is 10.8 Å². The predicted molar refractivity (Wildman–Crippen MR) is 125 cm³/mol. The minimum Gasteiger partial charge on any atom is -0.427 e. The number of carbonyl (C=O) groups is 4. The van der Waals surface area contributed by atoms with Gasteiger partial charge in [0, 0.05) is 18.2 Å². The molecule has 0 aliphatic carbocycles. The van der Waals surface area contributed by atoms with Gasteiger partial charge in [0.2, 0.25) is 6.79 Å². The predicted octanol–water partition coefficient (Wildman–Crippen LogP) is 0.294. The summed E-state index contributed by atoms with van der Waals surface area (Å²) in [7, 11) is 1.44. The van der Waals surface area contributed by atoms with E-state index in [9.17, 15) is 24.4 Å². The molecule has 0 aromatic carbocycles. The number of aromatic nitrogens is 1. The number of thioether (sulfide) groups is 1. The number of oxime groups is 1. The number of hydrogen-bond acceptors (Lipinski definition) is 13.